The van der Waals surface area contributed by atoms with Crippen LogP contribution in [-0.4, -0.2) is 12.1 Å². The molecule has 2 atom stereocenters. The first-order valence-electron chi connectivity index (χ1n) is 6.10. The smallest absolute Gasteiger partial charge is 0.141 e. The van der Waals surface area contributed by atoms with E-state index < -0.39 is 0 Å². The Morgan fingerprint density at radius 3 is 2.59 bits per heavy atom. The largest absolute Gasteiger partial charge is 0.495 e. The minimum atomic E-state index is -0.0691. The van der Waals surface area contributed by atoms with Crippen molar-refractivity contribution < 1.29 is 4.74 Å². The number of rotatable bonds is 4. The number of nitrogens with zero attached hydrogens (tertiary/aromatic N) is 1. The van der Waals surface area contributed by atoms with Gasteiger partial charge in [-0.25, -0.2) is 0 Å². The fraction of sp³-hybridized carbons (Fsp3) is 0.643. The molecule has 0 aliphatic carbocycles. The molecule has 2 N–H and O–H groups in total. The monoisotopic (exact) mass is 236 g/mol. The highest BCUT2D eigenvalue weighted by Crippen LogP contribution is 2.33. The predicted octanol–water partition coefficient (Wildman–Crippen LogP) is 3.16. The summed E-state index contributed by atoms with van der Waals surface area (Å²) in [4.78, 5) is 4.33. The van der Waals surface area contributed by atoms with Crippen molar-refractivity contribution in [3.63, 3.8) is 0 Å². The zero-order valence-electron chi connectivity index (χ0n) is 11.5. The molecular weight excluding hydrogens is 212 g/mol. The number of hydrogen-bond donors (Lipinski definition) is 1. The third-order valence-electron chi connectivity index (χ3n) is 3.46. The molecule has 2 unspecified atom stereocenters. The van der Waals surface area contributed by atoms with Gasteiger partial charge in [-0.1, -0.05) is 27.7 Å². The predicted molar refractivity (Wildman–Crippen MR) is 71.0 cm³/mol. The van der Waals surface area contributed by atoms with Gasteiger partial charge in [0.15, 0.2) is 0 Å². The van der Waals surface area contributed by atoms with Gasteiger partial charge < -0.3 is 10.5 Å². The summed E-state index contributed by atoms with van der Waals surface area (Å²) in [5, 5.41) is 0. The molecular formula is C14H24N2O. The molecule has 0 spiro atoms. The van der Waals surface area contributed by atoms with Crippen LogP contribution >= 0.6 is 0 Å². The standard InChI is InChI=1S/C14H24N2O/c1-10(14(2,3)4)9-11(15)13-12(17-5)7-6-8-16-13/h6-8,10-11H,9,15H2,1-5H3. The molecule has 96 valence electrons. The molecule has 0 saturated carbocycles. The van der Waals surface area contributed by atoms with Crippen molar-refractivity contribution in [2.75, 3.05) is 7.11 Å². The van der Waals surface area contributed by atoms with Gasteiger partial charge in [-0.15, -0.1) is 0 Å². The zero-order chi connectivity index (χ0) is 13.1. The Labute approximate surface area is 104 Å². The lowest BCUT2D eigenvalue weighted by Gasteiger charge is -2.29. The summed E-state index contributed by atoms with van der Waals surface area (Å²) in [6, 6.07) is 3.70. The summed E-state index contributed by atoms with van der Waals surface area (Å²) in [7, 11) is 1.65. The third kappa shape index (κ3) is 3.70. The van der Waals surface area contributed by atoms with Crippen LogP contribution in [0, 0.1) is 11.3 Å². The van der Waals surface area contributed by atoms with Crippen LogP contribution in [0.4, 0.5) is 0 Å². The van der Waals surface area contributed by atoms with E-state index in [-0.39, 0.29) is 11.5 Å². The number of methoxy groups -OCH3 is 1. The SMILES string of the molecule is COc1cccnc1C(N)CC(C)C(C)(C)C. The number of ether oxygens (including phenoxy) is 1. The van der Waals surface area contributed by atoms with E-state index in [9.17, 15) is 0 Å². The maximum Gasteiger partial charge on any atom is 0.141 e. The summed E-state index contributed by atoms with van der Waals surface area (Å²) in [6.45, 7) is 8.94. The Morgan fingerprint density at radius 2 is 2.06 bits per heavy atom. The van der Waals surface area contributed by atoms with E-state index in [1.165, 1.54) is 0 Å². The van der Waals surface area contributed by atoms with E-state index in [0.29, 0.717) is 5.92 Å². The van der Waals surface area contributed by atoms with Crippen LogP contribution in [-0.2, 0) is 0 Å². The lowest BCUT2D eigenvalue weighted by molar-refractivity contribution is 0.231. The highest BCUT2D eigenvalue weighted by Gasteiger charge is 2.24. The minimum absolute atomic E-state index is 0.0691. The van der Waals surface area contributed by atoms with Crippen LogP contribution < -0.4 is 10.5 Å². The molecule has 0 fully saturated rings. The van der Waals surface area contributed by atoms with Gasteiger partial charge in [0.2, 0.25) is 0 Å². The third-order valence-corrected chi connectivity index (χ3v) is 3.46. The Bertz CT molecular complexity index is 357. The Kier molecular flexibility index (Phi) is 4.52. The number of nitrogens with two attached hydrogens (primary N) is 1. The van der Waals surface area contributed by atoms with Crippen molar-refractivity contribution in [1.29, 1.82) is 0 Å². The van der Waals surface area contributed by atoms with Crippen molar-refractivity contribution in [3.8, 4) is 5.75 Å². The molecule has 0 radical (unpaired) electrons. The highest BCUT2D eigenvalue weighted by atomic mass is 16.5. The molecule has 1 aromatic rings. The number of pyridine rings is 1. The molecule has 0 aromatic carbocycles. The summed E-state index contributed by atoms with van der Waals surface area (Å²) in [5.74, 6) is 1.31. The fourth-order valence-corrected chi connectivity index (χ4v) is 1.70. The summed E-state index contributed by atoms with van der Waals surface area (Å²) in [5.41, 5.74) is 7.34. The van der Waals surface area contributed by atoms with Crippen LogP contribution in [0.15, 0.2) is 18.3 Å². The number of aromatic nitrogens is 1. The van der Waals surface area contributed by atoms with Crippen molar-refractivity contribution in [3.05, 3.63) is 24.0 Å². The normalized spacial score (nSPS) is 15.4. The van der Waals surface area contributed by atoms with Gasteiger partial charge in [-0.05, 0) is 29.9 Å². The Hall–Kier alpha value is -1.09. The lowest BCUT2D eigenvalue weighted by Crippen LogP contribution is -2.24. The van der Waals surface area contributed by atoms with E-state index in [4.69, 9.17) is 10.5 Å². The van der Waals surface area contributed by atoms with Gasteiger partial charge in [-0.3, -0.25) is 4.98 Å². The van der Waals surface area contributed by atoms with Crippen molar-refractivity contribution in [2.45, 2.75) is 40.2 Å². The minimum Gasteiger partial charge on any atom is -0.495 e. The molecule has 1 heterocycles. The molecule has 3 heteroatoms. The molecule has 0 saturated heterocycles. The average Bonchev–Trinajstić information content (AvgIpc) is 2.27. The second-order valence-corrected chi connectivity index (χ2v) is 5.70. The van der Waals surface area contributed by atoms with E-state index in [2.05, 4.69) is 32.7 Å². The van der Waals surface area contributed by atoms with Gasteiger partial charge in [0.1, 0.15) is 5.75 Å². The highest BCUT2D eigenvalue weighted by molar-refractivity contribution is 5.29. The van der Waals surface area contributed by atoms with Crippen molar-refractivity contribution in [2.24, 2.45) is 17.1 Å². The average molecular weight is 236 g/mol. The van der Waals surface area contributed by atoms with Crippen LogP contribution in [0.3, 0.4) is 0 Å². The van der Waals surface area contributed by atoms with Gasteiger partial charge in [0.05, 0.1) is 18.8 Å². The Morgan fingerprint density at radius 1 is 1.41 bits per heavy atom. The van der Waals surface area contributed by atoms with Crippen molar-refractivity contribution >= 4 is 0 Å². The van der Waals surface area contributed by atoms with Crippen LogP contribution in [0.5, 0.6) is 5.75 Å². The maximum absolute atomic E-state index is 6.23. The van der Waals surface area contributed by atoms with E-state index in [1.807, 2.05) is 12.1 Å². The molecule has 1 aromatic heterocycles. The first-order valence-corrected chi connectivity index (χ1v) is 6.10. The molecule has 0 aliphatic rings. The second-order valence-electron chi connectivity index (χ2n) is 5.70. The van der Waals surface area contributed by atoms with Gasteiger partial charge in [0.25, 0.3) is 0 Å². The van der Waals surface area contributed by atoms with E-state index in [0.717, 1.165) is 17.9 Å². The van der Waals surface area contributed by atoms with Gasteiger partial charge in [-0.2, -0.15) is 0 Å². The zero-order valence-corrected chi connectivity index (χ0v) is 11.5. The summed E-state index contributed by atoms with van der Waals surface area (Å²) >= 11 is 0. The van der Waals surface area contributed by atoms with Crippen LogP contribution in [0.2, 0.25) is 0 Å². The molecule has 3 nitrogen and oxygen atoms in total. The summed E-state index contributed by atoms with van der Waals surface area (Å²) in [6.07, 6.45) is 2.68. The van der Waals surface area contributed by atoms with Gasteiger partial charge in [0, 0.05) is 6.20 Å². The Balaban J connectivity index is 2.79. The first kappa shape index (κ1) is 14.0. The number of hydrogen-bond acceptors (Lipinski definition) is 3. The molecule has 0 amide bonds. The summed E-state index contributed by atoms with van der Waals surface area (Å²) < 4.78 is 5.29. The first-order chi connectivity index (χ1) is 7.86. The molecule has 0 aliphatic heterocycles. The quantitative estimate of drug-likeness (QED) is 0.873. The molecule has 1 rings (SSSR count). The fourth-order valence-electron chi connectivity index (χ4n) is 1.70. The molecule has 17 heavy (non-hydrogen) atoms. The van der Waals surface area contributed by atoms with E-state index >= 15 is 0 Å². The topological polar surface area (TPSA) is 48.1 Å². The van der Waals surface area contributed by atoms with E-state index in [1.54, 1.807) is 13.3 Å². The second kappa shape index (κ2) is 5.50. The lowest BCUT2D eigenvalue weighted by atomic mass is 9.78. The van der Waals surface area contributed by atoms with Crippen molar-refractivity contribution in [1.82, 2.24) is 4.98 Å². The maximum atomic E-state index is 6.23. The molecule has 0 bridgehead atoms. The van der Waals surface area contributed by atoms with Crippen LogP contribution in [0.25, 0.3) is 0 Å². The van der Waals surface area contributed by atoms with Crippen LogP contribution in [0.1, 0.15) is 45.9 Å². The van der Waals surface area contributed by atoms with Gasteiger partial charge >= 0.3 is 0 Å².